The lowest BCUT2D eigenvalue weighted by Crippen LogP contribution is -2.32. The topological polar surface area (TPSA) is 38.8 Å². The summed E-state index contributed by atoms with van der Waals surface area (Å²) in [5.41, 5.74) is -0.288. The van der Waals surface area contributed by atoms with Crippen LogP contribution in [0.2, 0.25) is 0 Å². The third-order valence-corrected chi connectivity index (χ3v) is 4.56. The third-order valence-electron chi connectivity index (χ3n) is 3.00. The van der Waals surface area contributed by atoms with Crippen LogP contribution in [0.15, 0.2) is 0 Å². The molecule has 3 atom stereocenters. The summed E-state index contributed by atoms with van der Waals surface area (Å²) < 4.78 is 10.8. The first-order valence-electron chi connectivity index (χ1n) is 4.91. The quantitative estimate of drug-likeness (QED) is 0.530. The van der Waals surface area contributed by atoms with E-state index in [0.29, 0.717) is 0 Å². The average molecular weight is 216 g/mol. The Morgan fingerprint density at radius 2 is 2.14 bits per heavy atom. The van der Waals surface area contributed by atoms with Crippen LogP contribution in [0.1, 0.15) is 27.7 Å². The highest BCUT2D eigenvalue weighted by Crippen LogP contribution is 2.62. The molecule has 0 bridgehead atoms. The van der Waals surface area contributed by atoms with Crippen LogP contribution in [0.3, 0.4) is 0 Å². The Labute approximate surface area is 88.5 Å². The van der Waals surface area contributed by atoms with Gasteiger partial charge >= 0.3 is 5.97 Å². The van der Waals surface area contributed by atoms with Crippen molar-refractivity contribution in [3.8, 4) is 0 Å². The monoisotopic (exact) mass is 216 g/mol. The molecule has 0 aliphatic carbocycles. The average Bonchev–Trinajstić information content (AvgIpc) is 2.89. The fourth-order valence-electron chi connectivity index (χ4n) is 1.57. The highest BCUT2D eigenvalue weighted by molar-refractivity contribution is 8.08. The van der Waals surface area contributed by atoms with E-state index in [2.05, 4.69) is 6.92 Å². The number of hydrogen-bond donors (Lipinski definition) is 0. The summed E-state index contributed by atoms with van der Waals surface area (Å²) in [7, 11) is 0. The Bertz CT molecular complexity index is 273. The lowest BCUT2D eigenvalue weighted by Gasteiger charge is -2.12. The van der Waals surface area contributed by atoms with Gasteiger partial charge in [-0.15, -0.1) is 11.8 Å². The van der Waals surface area contributed by atoms with Gasteiger partial charge in [-0.1, -0.05) is 0 Å². The molecule has 2 saturated heterocycles. The van der Waals surface area contributed by atoms with Crippen LogP contribution in [-0.4, -0.2) is 34.3 Å². The van der Waals surface area contributed by atoms with Crippen LogP contribution in [0.25, 0.3) is 0 Å². The second-order valence-corrected chi connectivity index (χ2v) is 6.09. The van der Waals surface area contributed by atoms with E-state index in [0.717, 1.165) is 5.75 Å². The van der Waals surface area contributed by atoms with E-state index in [4.69, 9.17) is 9.47 Å². The third kappa shape index (κ3) is 1.44. The van der Waals surface area contributed by atoms with E-state index >= 15 is 0 Å². The van der Waals surface area contributed by atoms with Crippen molar-refractivity contribution >= 4 is 17.7 Å². The van der Waals surface area contributed by atoms with Gasteiger partial charge in [-0.25, -0.2) is 4.79 Å². The molecule has 3 nitrogen and oxygen atoms in total. The van der Waals surface area contributed by atoms with Crippen molar-refractivity contribution in [2.45, 2.75) is 50.3 Å². The molecule has 0 aromatic carbocycles. The van der Waals surface area contributed by atoms with Gasteiger partial charge in [-0.05, 0) is 27.7 Å². The molecule has 0 saturated carbocycles. The molecule has 2 aliphatic rings. The maximum absolute atomic E-state index is 11.5. The van der Waals surface area contributed by atoms with Crippen LogP contribution in [-0.2, 0) is 14.3 Å². The smallest absolute Gasteiger partial charge is 0.338 e. The van der Waals surface area contributed by atoms with E-state index in [1.165, 1.54) is 0 Å². The van der Waals surface area contributed by atoms with Crippen molar-refractivity contribution in [2.24, 2.45) is 0 Å². The maximum atomic E-state index is 11.5. The summed E-state index contributed by atoms with van der Waals surface area (Å²) in [5, 5.41) is 0. The van der Waals surface area contributed by atoms with Crippen molar-refractivity contribution in [2.75, 3.05) is 5.75 Å². The van der Waals surface area contributed by atoms with Crippen molar-refractivity contribution in [1.82, 2.24) is 0 Å². The standard InChI is InChI=1S/C10H16O3S/c1-6(2)12-8(11)7-10(4,13-7)9(3)5-14-9/h6-7H,5H2,1-4H3. The molecule has 0 radical (unpaired) electrons. The van der Waals surface area contributed by atoms with Crippen LogP contribution < -0.4 is 0 Å². The van der Waals surface area contributed by atoms with Gasteiger partial charge in [-0.3, -0.25) is 0 Å². The predicted molar refractivity (Wildman–Crippen MR) is 55.4 cm³/mol. The highest BCUT2D eigenvalue weighted by Gasteiger charge is 2.72. The summed E-state index contributed by atoms with van der Waals surface area (Å²) in [6.07, 6.45) is -0.402. The number of carbonyl (C=O) groups excluding carboxylic acids is 1. The molecule has 0 spiro atoms. The number of carbonyl (C=O) groups is 1. The molecule has 0 N–H and O–H groups in total. The van der Waals surface area contributed by atoms with Crippen LogP contribution in [0.5, 0.6) is 0 Å². The molecule has 80 valence electrons. The van der Waals surface area contributed by atoms with Gasteiger partial charge in [0, 0.05) is 5.75 Å². The Balaban J connectivity index is 1.94. The van der Waals surface area contributed by atoms with Gasteiger partial charge in [0.05, 0.1) is 10.9 Å². The fraction of sp³-hybridized carbons (Fsp3) is 0.900. The van der Waals surface area contributed by atoms with E-state index in [-0.39, 0.29) is 28.5 Å². The first kappa shape index (κ1) is 10.3. The van der Waals surface area contributed by atoms with Crippen LogP contribution in [0, 0.1) is 0 Å². The SMILES string of the molecule is CC(C)OC(=O)C1OC1(C)C1(C)CS1. The number of rotatable bonds is 3. The summed E-state index contributed by atoms with van der Waals surface area (Å²) in [5.74, 6) is 0.867. The van der Waals surface area contributed by atoms with Gasteiger partial charge in [-0.2, -0.15) is 0 Å². The van der Waals surface area contributed by atoms with Crippen molar-refractivity contribution in [1.29, 1.82) is 0 Å². The molecular weight excluding hydrogens is 200 g/mol. The molecule has 0 amide bonds. The molecule has 2 rings (SSSR count). The van der Waals surface area contributed by atoms with Crippen molar-refractivity contribution < 1.29 is 14.3 Å². The second-order valence-electron chi connectivity index (χ2n) is 4.61. The number of hydrogen-bond acceptors (Lipinski definition) is 4. The molecule has 2 heterocycles. The van der Waals surface area contributed by atoms with Crippen molar-refractivity contribution in [3.63, 3.8) is 0 Å². The normalized spacial score (nSPS) is 45.1. The van der Waals surface area contributed by atoms with Crippen molar-refractivity contribution in [3.05, 3.63) is 0 Å². The minimum Gasteiger partial charge on any atom is -0.461 e. The van der Waals surface area contributed by atoms with Gasteiger partial charge in [0.25, 0.3) is 0 Å². The Morgan fingerprint density at radius 3 is 2.57 bits per heavy atom. The first-order valence-corrected chi connectivity index (χ1v) is 5.90. The zero-order valence-electron chi connectivity index (χ0n) is 8.99. The van der Waals surface area contributed by atoms with Gasteiger partial charge in [0.1, 0.15) is 5.60 Å². The largest absolute Gasteiger partial charge is 0.461 e. The zero-order valence-corrected chi connectivity index (χ0v) is 9.81. The minimum atomic E-state index is -0.343. The lowest BCUT2D eigenvalue weighted by molar-refractivity contribution is -0.148. The Kier molecular flexibility index (Phi) is 2.13. The highest BCUT2D eigenvalue weighted by atomic mass is 32.2. The number of esters is 1. The number of thioether (sulfide) groups is 1. The Morgan fingerprint density at radius 1 is 1.57 bits per heavy atom. The second kappa shape index (κ2) is 2.89. The molecule has 14 heavy (non-hydrogen) atoms. The molecule has 2 fully saturated rings. The number of ether oxygens (including phenoxy) is 2. The minimum absolute atomic E-state index is 0.0596. The fourth-order valence-corrected chi connectivity index (χ4v) is 2.52. The Hall–Kier alpha value is -0.220. The molecular formula is C10H16O3S. The lowest BCUT2D eigenvalue weighted by atomic mass is 9.94. The zero-order chi connectivity index (χ0) is 10.6. The first-order chi connectivity index (χ1) is 6.39. The summed E-state index contributed by atoms with van der Waals surface area (Å²) in [6.45, 7) is 7.84. The van der Waals surface area contributed by atoms with E-state index in [9.17, 15) is 4.79 Å². The van der Waals surface area contributed by atoms with E-state index in [1.807, 2.05) is 32.5 Å². The molecule has 4 heteroatoms. The van der Waals surface area contributed by atoms with Gasteiger partial charge in [0.2, 0.25) is 0 Å². The van der Waals surface area contributed by atoms with Gasteiger partial charge in [0.15, 0.2) is 6.10 Å². The molecule has 0 aromatic heterocycles. The summed E-state index contributed by atoms with van der Waals surface area (Å²) in [6, 6.07) is 0. The molecule has 2 aliphatic heterocycles. The summed E-state index contributed by atoms with van der Waals surface area (Å²) in [4.78, 5) is 11.5. The molecule has 0 aromatic rings. The maximum Gasteiger partial charge on any atom is 0.338 e. The van der Waals surface area contributed by atoms with E-state index < -0.39 is 0 Å². The molecule has 3 unspecified atom stereocenters. The number of epoxide rings is 1. The van der Waals surface area contributed by atoms with E-state index in [1.54, 1.807) is 0 Å². The summed E-state index contributed by atoms with van der Waals surface area (Å²) >= 11 is 1.85. The predicted octanol–water partition coefficient (Wildman–Crippen LogP) is 1.60. The van der Waals surface area contributed by atoms with Crippen LogP contribution >= 0.6 is 11.8 Å². The van der Waals surface area contributed by atoms with Gasteiger partial charge < -0.3 is 9.47 Å². The van der Waals surface area contributed by atoms with Crippen LogP contribution in [0.4, 0.5) is 0 Å².